The van der Waals surface area contributed by atoms with Crippen LogP contribution in [0.4, 0.5) is 0 Å². The lowest BCUT2D eigenvalue weighted by atomic mass is 9.76. The average Bonchev–Trinajstić information content (AvgIpc) is 2.86. The lowest BCUT2D eigenvalue weighted by Crippen LogP contribution is -2.33. The van der Waals surface area contributed by atoms with Crippen LogP contribution in [0.1, 0.15) is 91.2 Å². The zero-order valence-corrected chi connectivity index (χ0v) is 24.9. The molecule has 8 heteroatoms. The smallest absolute Gasteiger partial charge is 0.338 e. The summed E-state index contributed by atoms with van der Waals surface area (Å²) in [6.45, 7) is 12.5. The van der Waals surface area contributed by atoms with Gasteiger partial charge in [0.1, 0.15) is 6.04 Å². The number of carbonyl (C=O) groups excluding carboxylic acids is 1. The molecule has 1 aliphatic rings. The van der Waals surface area contributed by atoms with E-state index in [1.165, 1.54) is 7.11 Å². The number of carboxylic acid groups (broad SMARTS) is 1. The Bertz CT molecular complexity index is 1410. The van der Waals surface area contributed by atoms with E-state index in [2.05, 4.69) is 41.5 Å². The summed E-state index contributed by atoms with van der Waals surface area (Å²) in [5.41, 5.74) is 10.1. The normalized spacial score (nSPS) is 16.4. The number of ether oxygens (including phenoxy) is 1. The summed E-state index contributed by atoms with van der Waals surface area (Å²) < 4.78 is 28.5. The third-order valence-corrected chi connectivity index (χ3v) is 9.60. The van der Waals surface area contributed by atoms with Crippen LogP contribution in [0.25, 0.3) is 0 Å². The lowest BCUT2D eigenvalue weighted by Gasteiger charge is -2.44. The molecule has 0 saturated carbocycles. The van der Waals surface area contributed by atoms with Crippen molar-refractivity contribution in [2.75, 3.05) is 7.11 Å². The first-order chi connectivity index (χ1) is 18.5. The van der Waals surface area contributed by atoms with Gasteiger partial charge in [0, 0.05) is 5.92 Å². The van der Waals surface area contributed by atoms with E-state index in [4.69, 9.17) is 10.5 Å². The molecule has 3 aromatic rings. The van der Waals surface area contributed by atoms with Gasteiger partial charge in [-0.25, -0.2) is 4.79 Å². The second kappa shape index (κ2) is 10.3. The van der Waals surface area contributed by atoms with Gasteiger partial charge in [0.25, 0.3) is 0 Å². The third kappa shape index (κ3) is 5.29. The van der Waals surface area contributed by atoms with Gasteiger partial charge >= 0.3 is 11.9 Å². The molecular formula is C32H39NO6S. The van der Waals surface area contributed by atoms with E-state index in [0.29, 0.717) is 32.0 Å². The van der Waals surface area contributed by atoms with Crippen molar-refractivity contribution < 1.29 is 28.5 Å². The molecule has 4 rings (SSSR count). The largest absolute Gasteiger partial charge is 0.480 e. The lowest BCUT2D eigenvalue weighted by molar-refractivity contribution is -0.138. The molecule has 1 unspecified atom stereocenters. The van der Waals surface area contributed by atoms with E-state index >= 15 is 0 Å². The first-order valence-corrected chi connectivity index (χ1v) is 14.8. The molecule has 0 radical (unpaired) electrons. The minimum atomic E-state index is -3.36. The number of rotatable bonds is 5. The number of benzene rings is 3. The summed E-state index contributed by atoms with van der Waals surface area (Å²) in [6, 6.07) is 15.5. The topological polar surface area (TPSA) is 130 Å². The van der Waals surface area contributed by atoms with Crippen LogP contribution in [0.15, 0.2) is 64.4 Å². The van der Waals surface area contributed by atoms with Crippen LogP contribution in [0, 0.1) is 0 Å². The van der Waals surface area contributed by atoms with Crippen LogP contribution in [0.5, 0.6) is 0 Å². The Morgan fingerprint density at radius 1 is 0.875 bits per heavy atom. The van der Waals surface area contributed by atoms with Gasteiger partial charge < -0.3 is 15.6 Å². The summed E-state index contributed by atoms with van der Waals surface area (Å²) in [4.78, 5) is 25.8. The number of aliphatic carboxylic acids is 1. The Kier molecular flexibility index (Phi) is 7.71. The SMILES string of the molecule is COC(=O)c1c(CC(N)C(=O)O)cccc1C1c2cc(C(C)(C)C)ccc2S(O)(O)c2ccc(C(C)(C)C)cc21. The second-order valence-electron chi connectivity index (χ2n) is 12.5. The van der Waals surface area contributed by atoms with Crippen molar-refractivity contribution in [3.05, 3.63) is 93.5 Å². The van der Waals surface area contributed by atoms with E-state index in [9.17, 15) is 23.8 Å². The van der Waals surface area contributed by atoms with E-state index in [1.807, 2.05) is 30.3 Å². The molecule has 214 valence electrons. The zero-order valence-electron chi connectivity index (χ0n) is 24.1. The molecule has 1 atom stereocenters. The predicted octanol–water partition coefficient (Wildman–Crippen LogP) is 6.68. The fourth-order valence-corrected chi connectivity index (χ4v) is 7.09. The van der Waals surface area contributed by atoms with Crippen LogP contribution >= 0.6 is 10.6 Å². The van der Waals surface area contributed by atoms with Gasteiger partial charge in [0.2, 0.25) is 0 Å². The van der Waals surface area contributed by atoms with Gasteiger partial charge in [0.05, 0.1) is 22.5 Å². The van der Waals surface area contributed by atoms with E-state index in [1.54, 1.807) is 24.3 Å². The highest BCUT2D eigenvalue weighted by Gasteiger charge is 2.40. The molecule has 0 spiro atoms. The maximum Gasteiger partial charge on any atom is 0.338 e. The van der Waals surface area contributed by atoms with E-state index in [0.717, 1.165) is 11.1 Å². The summed E-state index contributed by atoms with van der Waals surface area (Å²) in [5, 5.41) is 9.49. The fourth-order valence-electron chi connectivity index (χ4n) is 5.33. The minimum absolute atomic E-state index is 0.0701. The summed E-state index contributed by atoms with van der Waals surface area (Å²) in [6.07, 6.45) is -0.0701. The second-order valence-corrected chi connectivity index (χ2v) is 14.5. The number of carboxylic acids is 1. The molecule has 0 aliphatic carbocycles. The number of esters is 1. The molecule has 1 heterocycles. The van der Waals surface area contributed by atoms with Gasteiger partial charge in [-0.3, -0.25) is 13.9 Å². The zero-order chi connectivity index (χ0) is 29.8. The van der Waals surface area contributed by atoms with E-state index < -0.39 is 34.5 Å². The predicted molar refractivity (Wildman–Crippen MR) is 158 cm³/mol. The quantitative estimate of drug-likeness (QED) is 0.254. The Balaban J connectivity index is 2.13. The van der Waals surface area contributed by atoms with Crippen molar-refractivity contribution in [2.24, 2.45) is 5.73 Å². The number of hydrogen-bond acceptors (Lipinski definition) is 6. The van der Waals surface area contributed by atoms with Gasteiger partial charge in [0.15, 0.2) is 0 Å². The van der Waals surface area contributed by atoms with Crippen molar-refractivity contribution in [3.8, 4) is 0 Å². The molecule has 0 aromatic heterocycles. The third-order valence-electron chi connectivity index (χ3n) is 7.63. The van der Waals surface area contributed by atoms with Gasteiger partial charge in [-0.05, 0) is 62.8 Å². The minimum Gasteiger partial charge on any atom is -0.480 e. The molecule has 40 heavy (non-hydrogen) atoms. The molecule has 3 aromatic carbocycles. The molecule has 1 aliphatic heterocycles. The number of nitrogens with two attached hydrogens (primary N) is 1. The highest BCUT2D eigenvalue weighted by Crippen LogP contribution is 2.65. The molecule has 0 bridgehead atoms. The van der Waals surface area contributed by atoms with Gasteiger partial charge in [-0.2, -0.15) is 0 Å². The van der Waals surface area contributed by atoms with Crippen LogP contribution in [-0.2, 0) is 26.8 Å². The van der Waals surface area contributed by atoms with Crippen molar-refractivity contribution in [3.63, 3.8) is 0 Å². The van der Waals surface area contributed by atoms with Crippen LogP contribution in [0.2, 0.25) is 0 Å². The summed E-state index contributed by atoms with van der Waals surface area (Å²) in [7, 11) is -2.07. The standard InChI is InChI=1S/C32H39NO6S/c1-31(2,3)19-11-13-25-22(16-19)28(23-17-20(32(4,5)6)12-14-26(23)40(25,37)38)21-10-8-9-18(15-24(33)29(34)35)27(21)30(36)39-7/h8-14,16-17,24,28,37-38H,15,33H2,1-7H3,(H,34,35). The van der Waals surface area contributed by atoms with Crippen molar-refractivity contribution in [1.29, 1.82) is 0 Å². The Hall–Kier alpha value is -3.17. The maximum atomic E-state index is 13.3. The Labute approximate surface area is 237 Å². The monoisotopic (exact) mass is 565 g/mol. The maximum absolute atomic E-state index is 13.3. The number of fused-ring (bicyclic) bond motifs is 2. The van der Waals surface area contributed by atoms with E-state index in [-0.39, 0.29) is 22.8 Å². The first kappa shape index (κ1) is 29.8. The molecule has 0 fully saturated rings. The molecule has 7 nitrogen and oxygen atoms in total. The highest BCUT2D eigenvalue weighted by molar-refractivity contribution is 8.24. The first-order valence-electron chi connectivity index (χ1n) is 13.2. The molecule has 0 saturated heterocycles. The average molecular weight is 566 g/mol. The summed E-state index contributed by atoms with van der Waals surface area (Å²) in [5.74, 6) is -2.33. The van der Waals surface area contributed by atoms with Crippen LogP contribution in [-0.4, -0.2) is 39.3 Å². The van der Waals surface area contributed by atoms with Gasteiger partial charge in [-0.15, -0.1) is 10.6 Å². The Morgan fingerprint density at radius 3 is 1.80 bits per heavy atom. The highest BCUT2D eigenvalue weighted by atomic mass is 32.3. The number of hydrogen-bond donors (Lipinski definition) is 4. The summed E-state index contributed by atoms with van der Waals surface area (Å²) >= 11 is 0. The molecule has 0 amide bonds. The van der Waals surface area contributed by atoms with Crippen molar-refractivity contribution in [2.45, 2.75) is 80.5 Å². The number of methoxy groups -OCH3 is 1. The van der Waals surface area contributed by atoms with Crippen molar-refractivity contribution >= 4 is 22.5 Å². The van der Waals surface area contributed by atoms with Crippen LogP contribution < -0.4 is 5.73 Å². The fraction of sp³-hybridized carbons (Fsp3) is 0.375. The van der Waals surface area contributed by atoms with Crippen LogP contribution in [0.3, 0.4) is 0 Å². The van der Waals surface area contributed by atoms with Crippen molar-refractivity contribution in [1.82, 2.24) is 0 Å². The number of carbonyl (C=O) groups is 2. The molecular weight excluding hydrogens is 526 g/mol. The molecule has 5 N–H and O–H groups in total. The Morgan fingerprint density at radius 2 is 1.38 bits per heavy atom. The van der Waals surface area contributed by atoms with Gasteiger partial charge in [-0.1, -0.05) is 84.0 Å².